The second-order valence-electron chi connectivity index (χ2n) is 2.91. The summed E-state index contributed by atoms with van der Waals surface area (Å²) < 4.78 is 4.73. The van der Waals surface area contributed by atoms with Crippen molar-refractivity contribution >= 4 is 12.7 Å². The van der Waals surface area contributed by atoms with Crippen LogP contribution in [-0.2, 0) is 0 Å². The fraction of sp³-hybridized carbons (Fsp3) is 0. The quantitative estimate of drug-likeness (QED) is 0.693. The van der Waals surface area contributed by atoms with Gasteiger partial charge in [0.05, 0.1) is 0 Å². The van der Waals surface area contributed by atoms with Crippen molar-refractivity contribution in [3.8, 4) is 0 Å². The van der Waals surface area contributed by atoms with E-state index in [-0.39, 0.29) is 11.2 Å². The molecule has 2 rings (SSSR count). The molecule has 3 heteroatoms. The molecule has 3 nitrogen and oxygen atoms in total. The minimum Gasteiger partial charge on any atom is -0.405 e. The summed E-state index contributed by atoms with van der Waals surface area (Å²) in [4.78, 5) is 13.9. The molecule has 0 spiro atoms. The average Bonchev–Trinajstić information content (AvgIpc) is 2.47. The molecule has 14 heavy (non-hydrogen) atoms. The van der Waals surface area contributed by atoms with E-state index in [1.807, 2.05) is 30.3 Å². The fourth-order valence-electron chi connectivity index (χ4n) is 1.20. The van der Waals surface area contributed by atoms with Crippen molar-refractivity contribution < 1.29 is 4.42 Å². The summed E-state index contributed by atoms with van der Waals surface area (Å²) in [5.74, 6) is 0. The van der Waals surface area contributed by atoms with Crippen molar-refractivity contribution in [3.05, 3.63) is 57.2 Å². The number of oxazole rings is 1. The van der Waals surface area contributed by atoms with Gasteiger partial charge in [-0.15, -0.1) is 0 Å². The molecule has 0 aliphatic carbocycles. The summed E-state index contributed by atoms with van der Waals surface area (Å²) in [5, 5.41) is 0.418. The molecule has 0 saturated carbocycles. The minimum absolute atomic E-state index is 0.275. The number of H-pyrrole nitrogens is 1. The van der Waals surface area contributed by atoms with Crippen molar-refractivity contribution in [2.75, 3.05) is 0 Å². The highest BCUT2D eigenvalue weighted by atomic mass is 16.4. The first-order valence-electron chi connectivity index (χ1n) is 4.20. The maximum Gasteiger partial charge on any atom is 0.361 e. The smallest absolute Gasteiger partial charge is 0.361 e. The van der Waals surface area contributed by atoms with Crippen LogP contribution in [0.15, 0.2) is 39.5 Å². The Morgan fingerprint density at radius 3 is 2.57 bits per heavy atom. The van der Waals surface area contributed by atoms with Gasteiger partial charge in [0.25, 0.3) is 0 Å². The van der Waals surface area contributed by atoms with Gasteiger partial charge in [0.15, 0.2) is 5.55 Å². The van der Waals surface area contributed by atoms with Gasteiger partial charge in [-0.2, -0.15) is 0 Å². The van der Waals surface area contributed by atoms with E-state index in [1.165, 1.54) is 0 Å². The summed E-state index contributed by atoms with van der Waals surface area (Å²) in [7, 11) is 0. The number of nitrogens with one attached hydrogen (secondary N) is 1. The van der Waals surface area contributed by atoms with E-state index < -0.39 is 0 Å². The van der Waals surface area contributed by atoms with Crippen LogP contribution in [0.2, 0.25) is 0 Å². The molecule has 1 N–H and O–H groups in total. The van der Waals surface area contributed by atoms with Crippen LogP contribution in [0.3, 0.4) is 0 Å². The Morgan fingerprint density at radius 2 is 2.00 bits per heavy atom. The van der Waals surface area contributed by atoms with Crippen LogP contribution in [0.1, 0.15) is 5.56 Å². The molecule has 0 atom stereocenters. The molecule has 2 aromatic rings. The van der Waals surface area contributed by atoms with Crippen LogP contribution >= 0.6 is 0 Å². The van der Waals surface area contributed by atoms with E-state index in [0.29, 0.717) is 5.35 Å². The number of hydrogen-bond donors (Lipinski definition) is 1. The molecule has 0 unspecified atom stereocenters. The fourth-order valence-corrected chi connectivity index (χ4v) is 1.20. The Bertz CT molecular complexity index is 578. The van der Waals surface area contributed by atoms with E-state index in [4.69, 9.17) is 4.42 Å². The van der Waals surface area contributed by atoms with Gasteiger partial charge in [-0.3, -0.25) is 0 Å². The Kier molecular flexibility index (Phi) is 2.07. The molecule has 0 aliphatic heterocycles. The summed E-state index contributed by atoms with van der Waals surface area (Å²) in [6, 6.07) is 9.54. The third kappa shape index (κ3) is 1.66. The van der Waals surface area contributed by atoms with Gasteiger partial charge in [-0.1, -0.05) is 30.3 Å². The first-order valence-corrected chi connectivity index (χ1v) is 4.20. The van der Waals surface area contributed by atoms with Gasteiger partial charge in [0, 0.05) is 0 Å². The Labute approximate surface area is 80.0 Å². The van der Waals surface area contributed by atoms with E-state index in [1.54, 1.807) is 6.08 Å². The number of aromatic nitrogens is 1. The first kappa shape index (κ1) is 8.56. The second kappa shape index (κ2) is 3.38. The predicted octanol–water partition coefficient (Wildman–Crippen LogP) is 0.207. The van der Waals surface area contributed by atoms with Crippen molar-refractivity contribution in [1.82, 2.24) is 4.98 Å². The Balaban J connectivity index is 2.61. The van der Waals surface area contributed by atoms with Gasteiger partial charge >= 0.3 is 5.63 Å². The second-order valence-corrected chi connectivity index (χ2v) is 2.91. The van der Waals surface area contributed by atoms with Crippen LogP contribution in [0, 0.1) is 0 Å². The number of rotatable bonds is 1. The molecule has 1 aromatic carbocycles. The van der Waals surface area contributed by atoms with Crippen LogP contribution < -0.4 is 16.5 Å². The lowest BCUT2D eigenvalue weighted by molar-refractivity contribution is 0.488. The SMILES string of the molecule is C=c1[nH]c(=Cc2ccccc2)c(=O)o1. The molecular weight excluding hydrogens is 178 g/mol. The Morgan fingerprint density at radius 1 is 1.29 bits per heavy atom. The number of benzene rings is 1. The number of hydrogen-bond acceptors (Lipinski definition) is 2. The lowest BCUT2D eigenvalue weighted by atomic mass is 10.2. The van der Waals surface area contributed by atoms with Crippen molar-refractivity contribution in [2.45, 2.75) is 0 Å². The van der Waals surface area contributed by atoms with Gasteiger partial charge < -0.3 is 9.40 Å². The maximum atomic E-state index is 11.2. The van der Waals surface area contributed by atoms with Crippen LogP contribution in [0.25, 0.3) is 12.7 Å². The maximum absolute atomic E-state index is 11.2. The lowest BCUT2D eigenvalue weighted by Gasteiger charge is -1.87. The van der Waals surface area contributed by atoms with Crippen molar-refractivity contribution in [2.24, 2.45) is 0 Å². The Hall–Kier alpha value is -2.03. The predicted molar refractivity (Wildman–Crippen MR) is 54.1 cm³/mol. The van der Waals surface area contributed by atoms with E-state index >= 15 is 0 Å². The van der Waals surface area contributed by atoms with Gasteiger partial charge in [0.1, 0.15) is 5.35 Å². The topological polar surface area (TPSA) is 46.0 Å². The zero-order valence-corrected chi connectivity index (χ0v) is 7.49. The molecule has 0 aliphatic rings. The highest BCUT2D eigenvalue weighted by molar-refractivity contribution is 5.47. The van der Waals surface area contributed by atoms with Gasteiger partial charge in [-0.05, 0) is 18.2 Å². The van der Waals surface area contributed by atoms with Crippen LogP contribution in [0.4, 0.5) is 0 Å². The molecule has 0 bridgehead atoms. The first-order chi connectivity index (χ1) is 6.75. The van der Waals surface area contributed by atoms with E-state index in [2.05, 4.69) is 11.6 Å². The minimum atomic E-state index is -0.390. The van der Waals surface area contributed by atoms with Crippen molar-refractivity contribution in [1.29, 1.82) is 0 Å². The van der Waals surface area contributed by atoms with Crippen LogP contribution in [0.5, 0.6) is 0 Å². The molecule has 1 aromatic heterocycles. The zero-order valence-electron chi connectivity index (χ0n) is 7.49. The normalized spacial score (nSPS) is 11.9. The largest absolute Gasteiger partial charge is 0.405 e. The summed E-state index contributed by atoms with van der Waals surface area (Å²) in [6.07, 6.45) is 1.72. The third-order valence-electron chi connectivity index (χ3n) is 1.82. The van der Waals surface area contributed by atoms with E-state index in [9.17, 15) is 4.79 Å². The summed E-state index contributed by atoms with van der Waals surface area (Å²) in [5.41, 5.74) is 0.831. The van der Waals surface area contributed by atoms with Gasteiger partial charge in [-0.25, -0.2) is 4.79 Å². The average molecular weight is 187 g/mol. The third-order valence-corrected chi connectivity index (χ3v) is 1.82. The monoisotopic (exact) mass is 187 g/mol. The molecule has 1 heterocycles. The molecule has 0 saturated heterocycles. The summed E-state index contributed by atoms with van der Waals surface area (Å²) in [6.45, 7) is 3.50. The molecule has 0 amide bonds. The van der Waals surface area contributed by atoms with Gasteiger partial charge in [0.2, 0.25) is 0 Å². The highest BCUT2D eigenvalue weighted by Crippen LogP contribution is 1.97. The molecule has 70 valence electrons. The lowest BCUT2D eigenvalue weighted by Crippen LogP contribution is -2.20. The van der Waals surface area contributed by atoms with E-state index in [0.717, 1.165) is 5.56 Å². The zero-order chi connectivity index (χ0) is 9.97. The number of aromatic amines is 1. The highest BCUT2D eigenvalue weighted by Gasteiger charge is 1.93. The molecular formula is C11H9NO2. The summed E-state index contributed by atoms with van der Waals surface area (Å²) >= 11 is 0. The molecule has 0 radical (unpaired) electrons. The van der Waals surface area contributed by atoms with Crippen molar-refractivity contribution in [3.63, 3.8) is 0 Å². The molecule has 0 fully saturated rings. The standard InChI is InChI=1S/C11H9NO2/c1-8-12-10(11(13)14-8)7-9-5-3-2-4-6-9/h2-7,12H,1H2. The van der Waals surface area contributed by atoms with Crippen LogP contribution in [-0.4, -0.2) is 4.98 Å².